The van der Waals surface area contributed by atoms with E-state index in [1.807, 2.05) is 30.3 Å². The first-order chi connectivity index (χ1) is 21.7. The van der Waals surface area contributed by atoms with Crippen molar-refractivity contribution < 1.29 is 19.2 Å². The molecule has 0 spiro atoms. The van der Waals surface area contributed by atoms with Gasteiger partial charge in [0.1, 0.15) is 12.4 Å². The number of nitro benzene ring substituents is 1. The molecule has 13 heteroatoms. The number of nitrogens with zero attached hydrogens (tertiary/aromatic N) is 2. The maximum absolute atomic E-state index is 14.0. The van der Waals surface area contributed by atoms with Crippen LogP contribution in [0.25, 0.3) is 0 Å². The summed E-state index contributed by atoms with van der Waals surface area (Å²) in [6, 6.07) is 18.5. The first kappa shape index (κ1) is 28.8. The number of hydrogen-bond donors (Lipinski definition) is 1. The Morgan fingerprint density at radius 3 is 2.42 bits per heavy atom. The van der Waals surface area contributed by atoms with Crippen LogP contribution in [0.15, 0.2) is 76.6 Å². The van der Waals surface area contributed by atoms with Gasteiger partial charge in [-0.1, -0.05) is 46.7 Å². The van der Waals surface area contributed by atoms with E-state index in [4.69, 9.17) is 27.9 Å². The fourth-order valence-corrected chi connectivity index (χ4v) is 11.3. The summed E-state index contributed by atoms with van der Waals surface area (Å²) in [5.41, 5.74) is 1.96. The number of nitro groups is 1. The van der Waals surface area contributed by atoms with E-state index < -0.39 is 16.8 Å². The summed E-state index contributed by atoms with van der Waals surface area (Å²) in [4.78, 5) is 56.3. The molecule has 2 amide bonds. The number of imide groups is 1. The molecule has 4 aromatic rings. The van der Waals surface area contributed by atoms with Crippen molar-refractivity contribution in [1.29, 1.82) is 0 Å². The maximum Gasteiger partial charge on any atom is 0.305 e. The quantitative estimate of drug-likeness (QED) is 0.133. The van der Waals surface area contributed by atoms with Gasteiger partial charge in [-0.25, -0.2) is 0 Å². The van der Waals surface area contributed by atoms with Gasteiger partial charge in [0.2, 0.25) is 11.8 Å². The van der Waals surface area contributed by atoms with Crippen LogP contribution in [-0.4, -0.2) is 27.0 Å². The zero-order chi connectivity index (χ0) is 31.1. The fraction of sp³-hybridized carbons (Fsp3) is 0.281. The molecule has 4 aliphatic rings. The van der Waals surface area contributed by atoms with Crippen LogP contribution in [0.5, 0.6) is 5.75 Å². The summed E-state index contributed by atoms with van der Waals surface area (Å²) in [5, 5.41) is 13.1. The Kier molecular flexibility index (Phi) is 6.86. The molecule has 7 atom stereocenters. The molecule has 1 aromatic heterocycles. The molecule has 2 aliphatic carbocycles. The number of fused-ring (bicyclic) bond motifs is 9. The van der Waals surface area contributed by atoms with E-state index in [2.05, 4.69) is 4.98 Å². The highest BCUT2D eigenvalue weighted by molar-refractivity contribution is 8.00. The number of carbonyl (C=O) groups is 2. The van der Waals surface area contributed by atoms with Crippen molar-refractivity contribution in [1.82, 2.24) is 4.98 Å². The van der Waals surface area contributed by atoms with Crippen LogP contribution in [0.2, 0.25) is 10.0 Å². The largest absolute Gasteiger partial charge is 0.489 e. The summed E-state index contributed by atoms with van der Waals surface area (Å²) in [5.74, 6) is -1.45. The number of amides is 2. The Bertz CT molecular complexity index is 1960. The van der Waals surface area contributed by atoms with Gasteiger partial charge in [0.15, 0.2) is 0 Å². The van der Waals surface area contributed by atoms with Gasteiger partial charge in [-0.05, 0) is 72.2 Å². The van der Waals surface area contributed by atoms with Crippen LogP contribution in [0.1, 0.15) is 28.3 Å². The number of nitrogens with one attached hydrogen (secondary N) is 1. The molecule has 3 heterocycles. The molecule has 8 rings (SSSR count). The first-order valence-electron chi connectivity index (χ1n) is 14.4. The summed E-state index contributed by atoms with van der Waals surface area (Å²) < 4.78 is 6.38. The number of H-pyrrole nitrogens is 1. The number of aromatic amines is 1. The average molecular weight is 681 g/mol. The molecule has 45 heavy (non-hydrogen) atoms. The van der Waals surface area contributed by atoms with Crippen molar-refractivity contribution in [2.75, 3.05) is 4.90 Å². The lowest BCUT2D eigenvalue weighted by Crippen LogP contribution is -2.42. The van der Waals surface area contributed by atoms with E-state index in [1.54, 1.807) is 23.9 Å². The predicted molar refractivity (Wildman–Crippen MR) is 171 cm³/mol. The van der Waals surface area contributed by atoms with Crippen LogP contribution in [0.3, 0.4) is 0 Å². The molecule has 6 unspecified atom stereocenters. The third kappa shape index (κ3) is 4.54. The minimum atomic E-state index is -0.519. The SMILES string of the molecule is O=C1C2C3CC(C2C(=O)N1c1ccc([N+](=O)[O-])cc1)C1C3Sc2[nH]c(=O)sc2[C@@H]1c1cc(Cl)ccc1OCc1cccc(Cl)c1. The monoisotopic (exact) mass is 679 g/mol. The van der Waals surface area contributed by atoms with Crippen molar-refractivity contribution in [2.45, 2.75) is 29.2 Å². The van der Waals surface area contributed by atoms with E-state index in [0.29, 0.717) is 21.5 Å². The fourth-order valence-electron chi connectivity index (χ4n) is 8.02. The van der Waals surface area contributed by atoms with Crippen LogP contribution in [0, 0.1) is 39.7 Å². The number of hydrogen-bond acceptors (Lipinski definition) is 8. The van der Waals surface area contributed by atoms with Gasteiger partial charge in [-0.2, -0.15) is 0 Å². The van der Waals surface area contributed by atoms with Gasteiger partial charge < -0.3 is 9.72 Å². The van der Waals surface area contributed by atoms with Crippen LogP contribution in [-0.2, 0) is 16.2 Å². The molecular formula is C32H23Cl2N3O6S2. The summed E-state index contributed by atoms with van der Waals surface area (Å²) in [6.45, 7) is 0.273. The highest BCUT2D eigenvalue weighted by Crippen LogP contribution is 2.69. The van der Waals surface area contributed by atoms with Crippen LogP contribution >= 0.6 is 46.3 Å². The number of halogens is 2. The molecule has 1 N–H and O–H groups in total. The molecule has 9 nitrogen and oxygen atoms in total. The topological polar surface area (TPSA) is 123 Å². The van der Waals surface area contributed by atoms with Gasteiger partial charge in [0.05, 0.1) is 27.5 Å². The van der Waals surface area contributed by atoms with Gasteiger partial charge >= 0.3 is 4.87 Å². The number of ether oxygens (including phenoxy) is 1. The lowest BCUT2D eigenvalue weighted by atomic mass is 9.68. The summed E-state index contributed by atoms with van der Waals surface area (Å²) in [6.07, 6.45) is 0.720. The zero-order valence-electron chi connectivity index (χ0n) is 23.2. The Balaban J connectivity index is 1.18. The Hall–Kier alpha value is -3.64. The van der Waals surface area contributed by atoms with Gasteiger partial charge in [-0.3, -0.25) is 29.4 Å². The van der Waals surface area contributed by atoms with Gasteiger partial charge in [0, 0.05) is 43.8 Å². The van der Waals surface area contributed by atoms with Crippen molar-refractivity contribution in [3.63, 3.8) is 0 Å². The smallest absolute Gasteiger partial charge is 0.305 e. The highest BCUT2D eigenvalue weighted by atomic mass is 35.5. The van der Waals surface area contributed by atoms with Crippen LogP contribution < -0.4 is 14.5 Å². The third-order valence-corrected chi connectivity index (χ3v) is 12.7. The second kappa shape index (κ2) is 10.7. The maximum atomic E-state index is 14.0. The number of anilines is 1. The second-order valence-electron chi connectivity index (χ2n) is 11.8. The molecule has 1 saturated heterocycles. The number of thioether (sulfide) groups is 1. The van der Waals surface area contributed by atoms with Gasteiger partial charge in [-0.15, -0.1) is 11.8 Å². The molecule has 0 radical (unpaired) electrons. The summed E-state index contributed by atoms with van der Waals surface area (Å²) >= 11 is 15.5. The number of thiazole rings is 1. The lowest BCUT2D eigenvalue weighted by molar-refractivity contribution is -0.384. The molecule has 2 saturated carbocycles. The van der Waals surface area contributed by atoms with Crippen molar-refractivity contribution >= 4 is 69.5 Å². The lowest BCUT2D eigenvalue weighted by Gasteiger charge is -2.43. The molecule has 3 fully saturated rings. The molecule has 2 aliphatic heterocycles. The zero-order valence-corrected chi connectivity index (χ0v) is 26.4. The molecule has 3 aromatic carbocycles. The minimum Gasteiger partial charge on any atom is -0.489 e. The van der Waals surface area contributed by atoms with Crippen molar-refractivity contribution in [2.24, 2.45) is 29.6 Å². The number of aromatic nitrogens is 1. The minimum absolute atomic E-state index is 0.0210. The normalized spacial score (nSPS) is 27.8. The first-order valence-corrected chi connectivity index (χ1v) is 16.8. The van der Waals surface area contributed by atoms with E-state index in [-0.39, 0.29) is 57.9 Å². The highest BCUT2D eigenvalue weighted by Gasteiger charge is 2.69. The van der Waals surface area contributed by atoms with Crippen LogP contribution in [0.4, 0.5) is 11.4 Å². The average Bonchev–Trinajstić information content (AvgIpc) is 3.75. The number of rotatable bonds is 6. The van der Waals surface area contributed by atoms with E-state index >= 15 is 0 Å². The van der Waals surface area contributed by atoms with E-state index in [0.717, 1.165) is 38.8 Å². The van der Waals surface area contributed by atoms with Crippen molar-refractivity contribution in [3.8, 4) is 5.75 Å². The number of carbonyl (C=O) groups excluding carboxylic acids is 2. The standard InChI is InChI=1S/C32H23Cl2N3O6S2/c33-15-3-1-2-14(10-15)13-43-22-9-4-16(34)11-19(22)23-24-20-12-21(27(24)44-29-28(23)45-32(40)35-29)26-25(20)30(38)36(31(26)39)17-5-7-18(8-6-17)37(41)42/h1-11,20-21,23-27H,12-13H2,(H,35,40)/t20?,21?,23-,24?,25?,26?,27?/m1/s1. The molecular weight excluding hydrogens is 657 g/mol. The summed E-state index contributed by atoms with van der Waals surface area (Å²) in [7, 11) is 0. The second-order valence-corrected chi connectivity index (χ2v) is 14.9. The molecule has 228 valence electrons. The van der Waals surface area contributed by atoms with E-state index in [1.165, 1.54) is 29.2 Å². The number of non-ortho nitro benzene ring substituents is 1. The Morgan fingerprint density at radius 2 is 1.69 bits per heavy atom. The predicted octanol–water partition coefficient (Wildman–Crippen LogP) is 6.91. The Labute approximate surface area is 274 Å². The third-order valence-electron chi connectivity index (χ3n) is 9.63. The van der Waals surface area contributed by atoms with Gasteiger partial charge in [0.25, 0.3) is 5.69 Å². The van der Waals surface area contributed by atoms with E-state index in [9.17, 15) is 24.5 Å². The Morgan fingerprint density at radius 1 is 0.956 bits per heavy atom. The van der Waals surface area contributed by atoms with Crippen molar-refractivity contribution in [3.05, 3.63) is 113 Å². The number of benzene rings is 3. The molecule has 2 bridgehead atoms.